The Hall–Kier alpha value is -0.120. The molecule has 3 N–H and O–H groups in total. The van der Waals surface area contributed by atoms with E-state index in [1.807, 2.05) is 0 Å². The van der Waals surface area contributed by atoms with Crippen molar-refractivity contribution in [3.8, 4) is 0 Å². The smallest absolute Gasteiger partial charge is 0.0652 e. The maximum atomic E-state index is 5.97. The molecule has 1 aliphatic rings. The fourth-order valence-corrected chi connectivity index (χ4v) is 2.40. The lowest BCUT2D eigenvalue weighted by atomic mass is 9.64. The van der Waals surface area contributed by atoms with Crippen molar-refractivity contribution in [1.82, 2.24) is 5.32 Å². The van der Waals surface area contributed by atoms with E-state index in [1.165, 1.54) is 0 Å². The summed E-state index contributed by atoms with van der Waals surface area (Å²) < 4.78 is 5.41. The van der Waals surface area contributed by atoms with Gasteiger partial charge in [-0.05, 0) is 12.8 Å². The number of ether oxygens (including phenoxy) is 1. The van der Waals surface area contributed by atoms with Crippen LogP contribution in [0, 0.1) is 5.41 Å². The molecule has 0 saturated heterocycles. The van der Waals surface area contributed by atoms with Crippen LogP contribution in [0.1, 0.15) is 40.0 Å². The summed E-state index contributed by atoms with van der Waals surface area (Å²) >= 11 is 0. The summed E-state index contributed by atoms with van der Waals surface area (Å²) in [4.78, 5) is 0. The van der Waals surface area contributed by atoms with Crippen LogP contribution in [0.3, 0.4) is 0 Å². The van der Waals surface area contributed by atoms with Crippen LogP contribution < -0.4 is 11.1 Å². The summed E-state index contributed by atoms with van der Waals surface area (Å²) in [6, 6.07) is 0.859. The molecule has 0 aromatic heterocycles. The first-order valence-corrected chi connectivity index (χ1v) is 6.04. The molecule has 1 aliphatic carbocycles. The molecule has 0 heterocycles. The van der Waals surface area contributed by atoms with Gasteiger partial charge in [0.05, 0.1) is 6.10 Å². The predicted molar refractivity (Wildman–Crippen MR) is 63.9 cm³/mol. The van der Waals surface area contributed by atoms with Crippen molar-refractivity contribution in [2.75, 3.05) is 13.7 Å². The van der Waals surface area contributed by atoms with Gasteiger partial charge in [-0.3, -0.25) is 0 Å². The van der Waals surface area contributed by atoms with E-state index >= 15 is 0 Å². The first-order valence-electron chi connectivity index (χ1n) is 6.04. The number of methoxy groups -OCH3 is 1. The number of rotatable bonds is 6. The zero-order chi connectivity index (χ0) is 11.5. The normalized spacial score (nSPS) is 31.0. The molecule has 1 fully saturated rings. The summed E-state index contributed by atoms with van der Waals surface area (Å²) in [7, 11) is 1.80. The third kappa shape index (κ3) is 2.92. The number of nitrogens with two attached hydrogens (primary N) is 1. The van der Waals surface area contributed by atoms with Crippen molar-refractivity contribution < 1.29 is 4.74 Å². The molecule has 0 aliphatic heterocycles. The zero-order valence-corrected chi connectivity index (χ0v) is 10.5. The summed E-state index contributed by atoms with van der Waals surface area (Å²) in [5.74, 6) is 0. The Morgan fingerprint density at radius 1 is 1.53 bits per heavy atom. The van der Waals surface area contributed by atoms with Crippen LogP contribution in [-0.4, -0.2) is 31.8 Å². The number of nitrogens with one attached hydrogen (secondary N) is 1. The molecule has 0 bridgehead atoms. The summed E-state index contributed by atoms with van der Waals surface area (Å²) in [6.45, 7) is 7.62. The fourth-order valence-electron chi connectivity index (χ4n) is 2.40. The first kappa shape index (κ1) is 12.9. The SMILES string of the molecule is CCCC(N)CNC1CC(OC)C1(C)C. The van der Waals surface area contributed by atoms with Gasteiger partial charge in [0.25, 0.3) is 0 Å². The minimum absolute atomic E-state index is 0.251. The highest BCUT2D eigenvalue weighted by Crippen LogP contribution is 2.42. The molecule has 0 aromatic carbocycles. The predicted octanol–water partition coefficient (Wildman–Crippen LogP) is 1.52. The van der Waals surface area contributed by atoms with Gasteiger partial charge in [-0.1, -0.05) is 27.2 Å². The van der Waals surface area contributed by atoms with Gasteiger partial charge in [-0.2, -0.15) is 0 Å². The van der Waals surface area contributed by atoms with E-state index in [2.05, 4.69) is 26.1 Å². The molecule has 3 atom stereocenters. The van der Waals surface area contributed by atoms with E-state index in [1.54, 1.807) is 7.11 Å². The largest absolute Gasteiger partial charge is 0.381 e. The summed E-state index contributed by atoms with van der Waals surface area (Å²) in [6.07, 6.45) is 3.78. The van der Waals surface area contributed by atoms with Crippen LogP contribution in [0.5, 0.6) is 0 Å². The third-order valence-electron chi connectivity index (χ3n) is 3.75. The van der Waals surface area contributed by atoms with Gasteiger partial charge in [0.1, 0.15) is 0 Å². The second-order valence-corrected chi connectivity index (χ2v) is 5.29. The van der Waals surface area contributed by atoms with Crippen molar-refractivity contribution in [2.45, 2.75) is 58.2 Å². The van der Waals surface area contributed by atoms with Crippen molar-refractivity contribution in [2.24, 2.45) is 11.1 Å². The minimum atomic E-state index is 0.251. The van der Waals surface area contributed by atoms with Gasteiger partial charge >= 0.3 is 0 Å². The maximum absolute atomic E-state index is 5.97. The lowest BCUT2D eigenvalue weighted by molar-refractivity contribution is -0.0975. The van der Waals surface area contributed by atoms with E-state index < -0.39 is 0 Å². The van der Waals surface area contributed by atoms with Crippen LogP contribution in [0.4, 0.5) is 0 Å². The van der Waals surface area contributed by atoms with Gasteiger partial charge in [0.15, 0.2) is 0 Å². The lowest BCUT2D eigenvalue weighted by Gasteiger charge is -2.51. The highest BCUT2D eigenvalue weighted by atomic mass is 16.5. The summed E-state index contributed by atoms with van der Waals surface area (Å²) in [5.41, 5.74) is 6.22. The molecule has 1 saturated carbocycles. The molecule has 1 rings (SSSR count). The van der Waals surface area contributed by atoms with E-state index in [9.17, 15) is 0 Å². The molecule has 90 valence electrons. The third-order valence-corrected chi connectivity index (χ3v) is 3.75. The number of hydrogen-bond donors (Lipinski definition) is 2. The average Bonchev–Trinajstić information content (AvgIpc) is 2.17. The van der Waals surface area contributed by atoms with Crippen molar-refractivity contribution in [3.63, 3.8) is 0 Å². The molecule has 0 radical (unpaired) electrons. The molecule has 0 spiro atoms. The Kier molecular flexibility index (Phi) is 4.56. The Morgan fingerprint density at radius 2 is 2.20 bits per heavy atom. The van der Waals surface area contributed by atoms with Gasteiger partial charge in [0.2, 0.25) is 0 Å². The monoisotopic (exact) mass is 214 g/mol. The molecule has 15 heavy (non-hydrogen) atoms. The van der Waals surface area contributed by atoms with Crippen molar-refractivity contribution >= 4 is 0 Å². The van der Waals surface area contributed by atoms with E-state index in [-0.39, 0.29) is 5.41 Å². The highest BCUT2D eigenvalue weighted by Gasteiger charge is 2.48. The van der Waals surface area contributed by atoms with Gasteiger partial charge in [0, 0.05) is 31.2 Å². The van der Waals surface area contributed by atoms with Gasteiger partial charge in [-0.25, -0.2) is 0 Å². The lowest BCUT2D eigenvalue weighted by Crippen LogP contribution is -2.61. The Bertz CT molecular complexity index is 194. The second kappa shape index (κ2) is 5.28. The molecule has 3 heteroatoms. The molecule has 0 aromatic rings. The Morgan fingerprint density at radius 3 is 2.67 bits per heavy atom. The van der Waals surface area contributed by atoms with Gasteiger partial charge < -0.3 is 15.8 Å². The van der Waals surface area contributed by atoms with Crippen LogP contribution in [-0.2, 0) is 4.74 Å². The van der Waals surface area contributed by atoms with E-state index in [0.717, 1.165) is 25.8 Å². The van der Waals surface area contributed by atoms with Crippen LogP contribution in [0.15, 0.2) is 0 Å². The Balaban J connectivity index is 2.24. The van der Waals surface area contributed by atoms with Crippen LogP contribution in [0.25, 0.3) is 0 Å². The van der Waals surface area contributed by atoms with Crippen molar-refractivity contribution in [3.05, 3.63) is 0 Å². The maximum Gasteiger partial charge on any atom is 0.0652 e. The topological polar surface area (TPSA) is 47.3 Å². The summed E-state index contributed by atoms with van der Waals surface area (Å²) in [5, 5.41) is 3.55. The van der Waals surface area contributed by atoms with Gasteiger partial charge in [-0.15, -0.1) is 0 Å². The molecular weight excluding hydrogens is 188 g/mol. The molecule has 3 nitrogen and oxygen atoms in total. The zero-order valence-electron chi connectivity index (χ0n) is 10.5. The quantitative estimate of drug-likeness (QED) is 0.704. The van der Waals surface area contributed by atoms with E-state index in [0.29, 0.717) is 18.2 Å². The average molecular weight is 214 g/mol. The molecular formula is C12H26N2O. The van der Waals surface area contributed by atoms with E-state index in [4.69, 9.17) is 10.5 Å². The fraction of sp³-hybridized carbons (Fsp3) is 1.00. The highest BCUT2D eigenvalue weighted by molar-refractivity contribution is 5.02. The molecule has 3 unspecified atom stereocenters. The molecule has 0 amide bonds. The standard InChI is InChI=1S/C12H26N2O/c1-5-6-9(13)8-14-10-7-11(15-4)12(10,2)3/h9-11,14H,5-8,13H2,1-4H3. The van der Waals surface area contributed by atoms with Crippen LogP contribution in [0.2, 0.25) is 0 Å². The number of hydrogen-bond acceptors (Lipinski definition) is 3. The Labute approximate surface area is 93.8 Å². The second-order valence-electron chi connectivity index (χ2n) is 5.29. The first-order chi connectivity index (χ1) is 7.02. The van der Waals surface area contributed by atoms with Crippen LogP contribution >= 0.6 is 0 Å². The van der Waals surface area contributed by atoms with Crippen molar-refractivity contribution in [1.29, 1.82) is 0 Å². The minimum Gasteiger partial charge on any atom is -0.381 e.